The second-order valence-corrected chi connectivity index (χ2v) is 9.95. The Morgan fingerprint density at radius 2 is 1.06 bits per heavy atom. The molecule has 0 amide bonds. The number of imidazole rings is 2. The molecule has 174 valence electrons. The van der Waals surface area contributed by atoms with Gasteiger partial charge >= 0.3 is 0 Å². The van der Waals surface area contributed by atoms with Crippen molar-refractivity contribution in [3.05, 3.63) is 57.2 Å². The fraction of sp³-hybridized carbons (Fsp3) is 0.481. The summed E-state index contributed by atoms with van der Waals surface area (Å²) in [5, 5.41) is 0. The highest BCUT2D eigenvalue weighted by molar-refractivity contribution is 5.82. The van der Waals surface area contributed by atoms with Gasteiger partial charge in [-0.25, -0.2) is 9.97 Å². The normalized spacial score (nSPS) is 16.2. The van der Waals surface area contributed by atoms with Crippen LogP contribution in [0.1, 0.15) is 51.5 Å². The number of aromatic nitrogens is 4. The van der Waals surface area contributed by atoms with Crippen molar-refractivity contribution >= 4 is 22.1 Å². The summed E-state index contributed by atoms with van der Waals surface area (Å²) in [4.78, 5) is 22.1. The summed E-state index contributed by atoms with van der Waals surface area (Å²) in [6.45, 7) is 19.1. The van der Waals surface area contributed by atoms with Gasteiger partial charge in [0, 0.05) is 13.1 Å². The van der Waals surface area contributed by atoms with E-state index in [1.165, 1.54) is 33.4 Å². The van der Waals surface area contributed by atoms with Crippen LogP contribution >= 0.6 is 0 Å². The maximum absolute atomic E-state index is 4.95. The highest BCUT2D eigenvalue weighted by Crippen LogP contribution is 2.25. The second kappa shape index (κ2) is 8.58. The monoisotopic (exact) mass is 444 g/mol. The summed E-state index contributed by atoms with van der Waals surface area (Å²) < 4.78 is 0. The summed E-state index contributed by atoms with van der Waals surface area (Å²) in [5.74, 6) is 2.15. The highest BCUT2D eigenvalue weighted by atomic mass is 15.2. The van der Waals surface area contributed by atoms with Gasteiger partial charge in [0.05, 0.1) is 35.2 Å². The third kappa shape index (κ3) is 4.18. The molecule has 1 fully saturated rings. The lowest BCUT2D eigenvalue weighted by atomic mass is 10.0. The molecule has 0 bridgehead atoms. The number of aromatic amines is 2. The molecule has 5 rings (SSSR count). The van der Waals surface area contributed by atoms with Crippen molar-refractivity contribution in [2.24, 2.45) is 0 Å². The molecule has 6 heteroatoms. The predicted molar refractivity (Wildman–Crippen MR) is 136 cm³/mol. The Balaban J connectivity index is 1.26. The number of hydrogen-bond donors (Lipinski definition) is 2. The van der Waals surface area contributed by atoms with E-state index >= 15 is 0 Å². The van der Waals surface area contributed by atoms with Crippen LogP contribution in [0, 0.1) is 41.5 Å². The molecular weight excluding hydrogens is 408 g/mol. The summed E-state index contributed by atoms with van der Waals surface area (Å²) in [6, 6.07) is 4.47. The number of benzene rings is 2. The SMILES string of the molecule is Cc1cc2[nH]c(CN3CCCN(Cc4nc5c(C)c(C)c(C)cc5[nH]4)CC3)nc2c(C)c1C. The zero-order valence-corrected chi connectivity index (χ0v) is 20.9. The molecule has 0 unspecified atom stereocenters. The Hall–Kier alpha value is -2.70. The van der Waals surface area contributed by atoms with Crippen molar-refractivity contribution in [2.75, 3.05) is 26.2 Å². The van der Waals surface area contributed by atoms with E-state index in [-0.39, 0.29) is 0 Å². The van der Waals surface area contributed by atoms with Gasteiger partial charge in [-0.15, -0.1) is 0 Å². The van der Waals surface area contributed by atoms with Crippen molar-refractivity contribution in [3.63, 3.8) is 0 Å². The average molecular weight is 445 g/mol. The number of hydrogen-bond acceptors (Lipinski definition) is 4. The van der Waals surface area contributed by atoms with Crippen LogP contribution in [0.5, 0.6) is 0 Å². The first-order valence-electron chi connectivity index (χ1n) is 12.2. The minimum Gasteiger partial charge on any atom is -0.341 e. The lowest BCUT2D eigenvalue weighted by Gasteiger charge is -2.20. The van der Waals surface area contributed by atoms with Crippen LogP contribution in [-0.4, -0.2) is 55.9 Å². The first-order valence-corrected chi connectivity index (χ1v) is 12.2. The molecule has 0 radical (unpaired) electrons. The quantitative estimate of drug-likeness (QED) is 0.465. The zero-order chi connectivity index (χ0) is 23.3. The number of nitrogens with one attached hydrogen (secondary N) is 2. The van der Waals surface area contributed by atoms with Crippen molar-refractivity contribution in [2.45, 2.75) is 61.1 Å². The maximum Gasteiger partial charge on any atom is 0.121 e. The van der Waals surface area contributed by atoms with E-state index in [0.29, 0.717) is 0 Å². The smallest absolute Gasteiger partial charge is 0.121 e. The van der Waals surface area contributed by atoms with E-state index in [0.717, 1.165) is 79.4 Å². The Bertz CT molecular complexity index is 1230. The van der Waals surface area contributed by atoms with Gasteiger partial charge in [-0.05, 0) is 107 Å². The molecule has 2 aromatic carbocycles. The van der Waals surface area contributed by atoms with Crippen LogP contribution in [0.3, 0.4) is 0 Å². The van der Waals surface area contributed by atoms with Crippen LogP contribution in [0.4, 0.5) is 0 Å². The summed E-state index contributed by atoms with van der Waals surface area (Å²) in [7, 11) is 0. The fourth-order valence-corrected chi connectivity index (χ4v) is 5.17. The first kappa shape index (κ1) is 22.1. The molecule has 0 aliphatic carbocycles. The molecule has 4 aromatic rings. The molecule has 6 nitrogen and oxygen atoms in total. The van der Waals surface area contributed by atoms with Gasteiger partial charge in [0.25, 0.3) is 0 Å². The minimum atomic E-state index is 0.877. The van der Waals surface area contributed by atoms with Crippen LogP contribution in [0.25, 0.3) is 22.1 Å². The lowest BCUT2D eigenvalue weighted by molar-refractivity contribution is 0.241. The zero-order valence-electron chi connectivity index (χ0n) is 20.9. The van der Waals surface area contributed by atoms with Crippen LogP contribution in [0.2, 0.25) is 0 Å². The van der Waals surface area contributed by atoms with Gasteiger partial charge in [-0.2, -0.15) is 0 Å². The van der Waals surface area contributed by atoms with Crippen LogP contribution < -0.4 is 0 Å². The van der Waals surface area contributed by atoms with Gasteiger partial charge in [0.2, 0.25) is 0 Å². The summed E-state index contributed by atoms with van der Waals surface area (Å²) in [5.41, 5.74) is 12.5. The largest absolute Gasteiger partial charge is 0.341 e. The average Bonchev–Trinajstić information content (AvgIpc) is 3.29. The number of rotatable bonds is 4. The number of nitrogens with zero attached hydrogens (tertiary/aromatic N) is 4. The van der Waals surface area contributed by atoms with E-state index in [9.17, 15) is 0 Å². The molecule has 0 atom stereocenters. The van der Waals surface area contributed by atoms with E-state index in [1.807, 2.05) is 0 Å². The fourth-order valence-electron chi connectivity index (χ4n) is 5.17. The number of aryl methyl sites for hydroxylation is 4. The molecule has 33 heavy (non-hydrogen) atoms. The summed E-state index contributed by atoms with van der Waals surface area (Å²) >= 11 is 0. The van der Waals surface area contributed by atoms with Gasteiger partial charge < -0.3 is 9.97 Å². The van der Waals surface area contributed by atoms with Gasteiger partial charge in [-0.1, -0.05) is 0 Å². The molecule has 0 spiro atoms. The lowest BCUT2D eigenvalue weighted by Crippen LogP contribution is -2.30. The molecule has 3 heterocycles. The number of H-pyrrole nitrogens is 2. The van der Waals surface area contributed by atoms with Crippen molar-refractivity contribution in [1.82, 2.24) is 29.7 Å². The Morgan fingerprint density at radius 1 is 0.636 bits per heavy atom. The highest BCUT2D eigenvalue weighted by Gasteiger charge is 2.19. The summed E-state index contributed by atoms with van der Waals surface area (Å²) in [6.07, 6.45) is 1.16. The standard InChI is InChI=1S/C27H36N6/c1-16-12-22-26(20(5)18(16)3)30-24(28-22)14-32-8-7-9-33(11-10-32)15-25-29-23-13-17(2)19(4)21(6)27(23)31-25/h12-13H,7-11,14-15H2,1-6H3,(H,28,30)(H,29,31). The maximum atomic E-state index is 4.95. The van der Waals surface area contributed by atoms with Gasteiger partial charge in [0.15, 0.2) is 0 Å². The van der Waals surface area contributed by atoms with Gasteiger partial charge in [-0.3, -0.25) is 9.80 Å². The molecule has 2 aromatic heterocycles. The van der Waals surface area contributed by atoms with Crippen LogP contribution in [0.15, 0.2) is 12.1 Å². The van der Waals surface area contributed by atoms with Crippen molar-refractivity contribution < 1.29 is 0 Å². The second-order valence-electron chi connectivity index (χ2n) is 9.95. The van der Waals surface area contributed by atoms with Crippen molar-refractivity contribution in [1.29, 1.82) is 0 Å². The van der Waals surface area contributed by atoms with E-state index in [4.69, 9.17) is 9.97 Å². The van der Waals surface area contributed by atoms with E-state index in [1.54, 1.807) is 0 Å². The minimum absolute atomic E-state index is 0.877. The molecule has 1 saturated heterocycles. The number of fused-ring (bicyclic) bond motifs is 2. The molecular formula is C27H36N6. The predicted octanol–water partition coefficient (Wildman–Crippen LogP) is 5.00. The molecule has 1 aliphatic rings. The Labute approximate surface area is 196 Å². The first-order chi connectivity index (χ1) is 15.8. The topological polar surface area (TPSA) is 63.8 Å². The Morgan fingerprint density at radius 3 is 1.48 bits per heavy atom. The molecule has 2 N–H and O–H groups in total. The van der Waals surface area contributed by atoms with Crippen LogP contribution in [-0.2, 0) is 13.1 Å². The molecule has 1 aliphatic heterocycles. The van der Waals surface area contributed by atoms with E-state index < -0.39 is 0 Å². The third-order valence-corrected chi connectivity index (χ3v) is 7.73. The third-order valence-electron chi connectivity index (χ3n) is 7.73. The van der Waals surface area contributed by atoms with Gasteiger partial charge in [0.1, 0.15) is 11.6 Å². The molecule has 0 saturated carbocycles. The van der Waals surface area contributed by atoms with Crippen molar-refractivity contribution in [3.8, 4) is 0 Å². The van der Waals surface area contributed by atoms with E-state index in [2.05, 4.69) is 73.4 Å². The Kier molecular flexibility index (Phi) is 5.75.